The minimum Gasteiger partial charge on any atom is -0.496 e. The first-order valence-electron chi connectivity index (χ1n) is 5.42. The van der Waals surface area contributed by atoms with Crippen LogP contribution in [0.1, 0.15) is 18.1 Å². The van der Waals surface area contributed by atoms with Crippen LogP contribution in [0.3, 0.4) is 0 Å². The van der Waals surface area contributed by atoms with Crippen molar-refractivity contribution < 1.29 is 4.74 Å². The van der Waals surface area contributed by atoms with Crippen molar-refractivity contribution in [2.24, 2.45) is 0 Å². The molecule has 0 spiro atoms. The molecular weight excluding hydrogens is 200 g/mol. The molecule has 0 aliphatic heterocycles. The first-order chi connectivity index (χ1) is 7.71. The zero-order valence-corrected chi connectivity index (χ0v) is 10.2. The average Bonchev–Trinajstić information content (AvgIpc) is 2.29. The summed E-state index contributed by atoms with van der Waals surface area (Å²) in [4.78, 5) is 1.97. The Hall–Kier alpha value is -1.53. The van der Waals surface area contributed by atoms with Crippen molar-refractivity contribution in [2.75, 3.05) is 20.7 Å². The highest BCUT2D eigenvalue weighted by molar-refractivity contribution is 5.37. The van der Waals surface area contributed by atoms with Gasteiger partial charge in [0, 0.05) is 12.1 Å². The van der Waals surface area contributed by atoms with Gasteiger partial charge in [-0.15, -0.1) is 0 Å². The van der Waals surface area contributed by atoms with Crippen molar-refractivity contribution in [3.8, 4) is 11.8 Å². The van der Waals surface area contributed by atoms with E-state index in [1.807, 2.05) is 18.0 Å². The van der Waals surface area contributed by atoms with Gasteiger partial charge >= 0.3 is 0 Å². The smallest absolute Gasteiger partial charge is 0.123 e. The van der Waals surface area contributed by atoms with Crippen LogP contribution in [0.25, 0.3) is 0 Å². The quantitative estimate of drug-likeness (QED) is 0.711. The predicted octanol–water partition coefficient (Wildman–Crippen LogP) is 2.21. The zero-order chi connectivity index (χ0) is 12.0. The molecule has 0 saturated heterocycles. The molecular formula is C13H18N2O. The summed E-state index contributed by atoms with van der Waals surface area (Å²) in [5, 5.41) is 8.62. The molecule has 1 aromatic carbocycles. The third-order valence-corrected chi connectivity index (χ3v) is 2.53. The third kappa shape index (κ3) is 3.25. The highest BCUT2D eigenvalue weighted by Crippen LogP contribution is 2.21. The van der Waals surface area contributed by atoms with E-state index in [0.717, 1.165) is 24.3 Å². The molecule has 16 heavy (non-hydrogen) atoms. The van der Waals surface area contributed by atoms with E-state index < -0.39 is 0 Å². The van der Waals surface area contributed by atoms with Crippen molar-refractivity contribution in [3.05, 3.63) is 29.3 Å². The number of benzene rings is 1. The number of nitrogens with zero attached hydrogens (tertiary/aromatic N) is 2. The number of aryl methyl sites for hydroxylation is 1. The largest absolute Gasteiger partial charge is 0.496 e. The van der Waals surface area contributed by atoms with Gasteiger partial charge in [-0.2, -0.15) is 5.26 Å². The van der Waals surface area contributed by atoms with Crippen molar-refractivity contribution in [3.63, 3.8) is 0 Å². The molecule has 0 fully saturated rings. The fourth-order valence-electron chi connectivity index (χ4n) is 1.64. The SMILES string of the molecule is CCc1ccc(OC)c(CN(C)CC#N)c1. The minimum atomic E-state index is 0.430. The second-order valence-electron chi connectivity index (χ2n) is 3.83. The molecule has 1 rings (SSSR count). The highest BCUT2D eigenvalue weighted by atomic mass is 16.5. The molecule has 0 N–H and O–H groups in total. The Balaban J connectivity index is 2.87. The van der Waals surface area contributed by atoms with E-state index in [4.69, 9.17) is 10.00 Å². The Morgan fingerprint density at radius 2 is 2.19 bits per heavy atom. The van der Waals surface area contributed by atoms with Gasteiger partial charge in [-0.3, -0.25) is 4.90 Å². The molecule has 0 aromatic heterocycles. The van der Waals surface area contributed by atoms with Gasteiger partial charge in [0.1, 0.15) is 5.75 Å². The van der Waals surface area contributed by atoms with Crippen molar-refractivity contribution in [1.29, 1.82) is 5.26 Å². The molecule has 86 valence electrons. The monoisotopic (exact) mass is 218 g/mol. The Morgan fingerprint density at radius 1 is 1.44 bits per heavy atom. The maximum absolute atomic E-state index is 8.62. The van der Waals surface area contributed by atoms with Gasteiger partial charge in [-0.1, -0.05) is 19.1 Å². The van der Waals surface area contributed by atoms with E-state index >= 15 is 0 Å². The fourth-order valence-corrected chi connectivity index (χ4v) is 1.64. The summed E-state index contributed by atoms with van der Waals surface area (Å²) in [6, 6.07) is 8.35. The summed E-state index contributed by atoms with van der Waals surface area (Å²) in [5.74, 6) is 0.891. The standard InChI is InChI=1S/C13H18N2O/c1-4-11-5-6-13(16-3)12(9-11)10-15(2)8-7-14/h5-6,9H,4,8,10H2,1-3H3. The first-order valence-corrected chi connectivity index (χ1v) is 5.42. The molecule has 0 bridgehead atoms. The molecule has 0 saturated carbocycles. The second-order valence-corrected chi connectivity index (χ2v) is 3.83. The van der Waals surface area contributed by atoms with Gasteiger partial charge in [0.2, 0.25) is 0 Å². The van der Waals surface area contributed by atoms with E-state index in [-0.39, 0.29) is 0 Å². The molecule has 0 radical (unpaired) electrons. The van der Waals surface area contributed by atoms with E-state index in [1.165, 1.54) is 5.56 Å². The number of hydrogen-bond acceptors (Lipinski definition) is 3. The van der Waals surface area contributed by atoms with Crippen LogP contribution in [0.2, 0.25) is 0 Å². The first kappa shape index (κ1) is 12.5. The normalized spacial score (nSPS) is 10.2. The van der Waals surface area contributed by atoms with Crippen LogP contribution in [-0.2, 0) is 13.0 Å². The Morgan fingerprint density at radius 3 is 2.75 bits per heavy atom. The summed E-state index contributed by atoms with van der Waals surface area (Å²) >= 11 is 0. The topological polar surface area (TPSA) is 36.3 Å². The van der Waals surface area contributed by atoms with E-state index in [9.17, 15) is 0 Å². The molecule has 0 aliphatic rings. The molecule has 0 unspecified atom stereocenters. The summed E-state index contributed by atoms with van der Waals surface area (Å²) in [5.41, 5.74) is 2.43. The Bertz CT molecular complexity index is 382. The zero-order valence-electron chi connectivity index (χ0n) is 10.2. The lowest BCUT2D eigenvalue weighted by molar-refractivity contribution is 0.349. The van der Waals surface area contributed by atoms with Crippen molar-refractivity contribution in [1.82, 2.24) is 4.90 Å². The predicted molar refractivity (Wildman–Crippen MR) is 64.3 cm³/mol. The molecule has 3 nitrogen and oxygen atoms in total. The molecule has 0 heterocycles. The Labute approximate surface area is 97.3 Å². The number of ether oxygens (including phenoxy) is 1. The van der Waals surface area contributed by atoms with Gasteiger partial charge in [0.25, 0.3) is 0 Å². The van der Waals surface area contributed by atoms with Gasteiger partial charge < -0.3 is 4.74 Å². The molecule has 1 aromatic rings. The van der Waals surface area contributed by atoms with Crippen molar-refractivity contribution >= 4 is 0 Å². The van der Waals surface area contributed by atoms with Gasteiger partial charge in [0.05, 0.1) is 19.7 Å². The van der Waals surface area contributed by atoms with Crippen LogP contribution in [0.15, 0.2) is 18.2 Å². The minimum absolute atomic E-state index is 0.430. The van der Waals surface area contributed by atoms with E-state index in [2.05, 4.69) is 25.1 Å². The van der Waals surface area contributed by atoms with E-state index in [1.54, 1.807) is 7.11 Å². The maximum atomic E-state index is 8.62. The number of nitriles is 1. The molecule has 3 heteroatoms. The van der Waals surface area contributed by atoms with Crippen LogP contribution < -0.4 is 4.74 Å². The number of hydrogen-bond donors (Lipinski definition) is 0. The lowest BCUT2D eigenvalue weighted by Gasteiger charge is -2.16. The third-order valence-electron chi connectivity index (χ3n) is 2.53. The fraction of sp³-hybridized carbons (Fsp3) is 0.462. The van der Waals surface area contributed by atoms with Crippen LogP contribution in [0, 0.1) is 11.3 Å². The number of methoxy groups -OCH3 is 1. The summed E-state index contributed by atoms with van der Waals surface area (Å²) < 4.78 is 5.31. The van der Waals surface area contributed by atoms with Crippen LogP contribution in [0.5, 0.6) is 5.75 Å². The van der Waals surface area contributed by atoms with Crippen LogP contribution >= 0.6 is 0 Å². The summed E-state index contributed by atoms with van der Waals surface area (Å²) in [6.07, 6.45) is 1.01. The highest BCUT2D eigenvalue weighted by Gasteiger charge is 2.06. The lowest BCUT2D eigenvalue weighted by Crippen LogP contribution is -2.18. The Kier molecular flexibility index (Phi) is 4.81. The van der Waals surface area contributed by atoms with E-state index in [0.29, 0.717) is 6.54 Å². The summed E-state index contributed by atoms with van der Waals surface area (Å²) in [7, 11) is 3.61. The molecule has 0 atom stereocenters. The molecule has 0 amide bonds. The van der Waals surface area contributed by atoms with Crippen molar-refractivity contribution in [2.45, 2.75) is 19.9 Å². The maximum Gasteiger partial charge on any atom is 0.123 e. The number of rotatable bonds is 5. The van der Waals surface area contributed by atoms with Crippen LogP contribution in [0.4, 0.5) is 0 Å². The summed E-state index contributed by atoms with van der Waals surface area (Å²) in [6.45, 7) is 3.30. The van der Waals surface area contributed by atoms with Gasteiger partial charge in [-0.25, -0.2) is 0 Å². The lowest BCUT2D eigenvalue weighted by atomic mass is 10.1. The average molecular weight is 218 g/mol. The molecule has 0 aliphatic carbocycles. The van der Waals surface area contributed by atoms with Gasteiger partial charge in [-0.05, 0) is 25.1 Å². The van der Waals surface area contributed by atoms with Gasteiger partial charge in [0.15, 0.2) is 0 Å². The van der Waals surface area contributed by atoms with Crippen LogP contribution in [-0.4, -0.2) is 25.6 Å². The second kappa shape index (κ2) is 6.14.